The summed E-state index contributed by atoms with van der Waals surface area (Å²) in [5.41, 5.74) is 4.80. The summed E-state index contributed by atoms with van der Waals surface area (Å²) in [6.07, 6.45) is 2.73. The highest BCUT2D eigenvalue weighted by molar-refractivity contribution is 5.98. The molecule has 0 saturated carbocycles. The molecule has 4 aromatic rings. The smallest absolute Gasteiger partial charge is 0.254 e. The zero-order valence-corrected chi connectivity index (χ0v) is 22.7. The number of amides is 2. The van der Waals surface area contributed by atoms with Crippen LogP contribution in [0.15, 0.2) is 79.0 Å². The van der Waals surface area contributed by atoms with Gasteiger partial charge >= 0.3 is 0 Å². The van der Waals surface area contributed by atoms with Crippen LogP contribution in [0.2, 0.25) is 0 Å². The van der Waals surface area contributed by atoms with Crippen molar-refractivity contribution in [1.82, 2.24) is 14.8 Å². The number of aromatic amines is 1. The van der Waals surface area contributed by atoms with Crippen LogP contribution in [0.25, 0.3) is 10.9 Å². The molecular formula is C32H37N3O3. The standard InChI is InChI=1S/C32H37N3O3/c1-5-38-27-16-14-25(15-17-27)21-34(19-18-26-20-33-30-13-9-8-12-29(26)30)31(36)22-35(23(2)3)32(37)28-11-7-6-10-24(28)4/h6-17,20,23,33H,5,18-19,21-22H2,1-4H3. The molecule has 0 aliphatic rings. The molecule has 0 fully saturated rings. The predicted octanol–water partition coefficient (Wildman–Crippen LogP) is 6.00. The van der Waals surface area contributed by atoms with Crippen molar-refractivity contribution in [1.29, 1.82) is 0 Å². The average molecular weight is 512 g/mol. The van der Waals surface area contributed by atoms with E-state index in [-0.39, 0.29) is 24.4 Å². The van der Waals surface area contributed by atoms with Crippen molar-refractivity contribution in [2.75, 3.05) is 19.7 Å². The maximum atomic E-state index is 13.8. The topological polar surface area (TPSA) is 65.6 Å². The number of fused-ring (bicyclic) bond motifs is 1. The number of nitrogens with one attached hydrogen (secondary N) is 1. The molecule has 0 atom stereocenters. The third kappa shape index (κ3) is 6.43. The van der Waals surface area contributed by atoms with Gasteiger partial charge in [-0.15, -0.1) is 0 Å². The van der Waals surface area contributed by atoms with Crippen molar-refractivity contribution in [3.63, 3.8) is 0 Å². The molecule has 0 unspecified atom stereocenters. The van der Waals surface area contributed by atoms with E-state index in [0.717, 1.165) is 22.4 Å². The number of carbonyl (C=O) groups excluding carboxylic acids is 2. The summed E-state index contributed by atoms with van der Waals surface area (Å²) in [5.74, 6) is 0.612. The molecule has 38 heavy (non-hydrogen) atoms. The van der Waals surface area contributed by atoms with Crippen LogP contribution in [0.1, 0.15) is 47.8 Å². The van der Waals surface area contributed by atoms with Gasteiger partial charge in [-0.25, -0.2) is 0 Å². The Morgan fingerprint density at radius 2 is 1.66 bits per heavy atom. The molecule has 2 amide bonds. The number of aryl methyl sites for hydroxylation is 1. The van der Waals surface area contributed by atoms with E-state index in [4.69, 9.17) is 4.74 Å². The number of nitrogens with zero attached hydrogens (tertiary/aromatic N) is 2. The van der Waals surface area contributed by atoms with Gasteiger partial charge in [-0.2, -0.15) is 0 Å². The van der Waals surface area contributed by atoms with Crippen LogP contribution in [0, 0.1) is 6.92 Å². The summed E-state index contributed by atoms with van der Waals surface area (Å²) in [7, 11) is 0. The highest BCUT2D eigenvalue weighted by Crippen LogP contribution is 2.20. The summed E-state index contributed by atoms with van der Waals surface area (Å²) < 4.78 is 5.58. The van der Waals surface area contributed by atoms with Gasteiger partial charge in [0.25, 0.3) is 5.91 Å². The zero-order chi connectivity index (χ0) is 27.1. The minimum absolute atomic E-state index is 0.0236. The van der Waals surface area contributed by atoms with Gasteiger partial charge in [0.05, 0.1) is 6.61 Å². The summed E-state index contributed by atoms with van der Waals surface area (Å²) in [4.78, 5) is 34.1. The van der Waals surface area contributed by atoms with E-state index in [1.165, 1.54) is 10.9 Å². The first-order valence-electron chi connectivity index (χ1n) is 13.3. The Hall–Kier alpha value is -4.06. The number of hydrogen-bond acceptors (Lipinski definition) is 3. The molecule has 1 N–H and O–H groups in total. The lowest BCUT2D eigenvalue weighted by Gasteiger charge is -2.30. The fourth-order valence-corrected chi connectivity index (χ4v) is 4.67. The van der Waals surface area contributed by atoms with Gasteiger partial charge < -0.3 is 19.5 Å². The van der Waals surface area contributed by atoms with E-state index in [0.29, 0.717) is 31.7 Å². The maximum absolute atomic E-state index is 13.8. The second-order valence-electron chi connectivity index (χ2n) is 9.84. The molecule has 198 valence electrons. The summed E-state index contributed by atoms with van der Waals surface area (Å²) in [6.45, 7) is 9.41. The molecule has 0 radical (unpaired) electrons. The number of H-pyrrole nitrogens is 1. The monoisotopic (exact) mass is 511 g/mol. The lowest BCUT2D eigenvalue weighted by molar-refractivity contribution is -0.132. The van der Waals surface area contributed by atoms with Gasteiger partial charge in [-0.05, 0) is 75.1 Å². The largest absolute Gasteiger partial charge is 0.494 e. The van der Waals surface area contributed by atoms with E-state index in [2.05, 4.69) is 17.1 Å². The summed E-state index contributed by atoms with van der Waals surface area (Å²) in [6, 6.07) is 23.5. The number of carbonyl (C=O) groups is 2. The first-order chi connectivity index (χ1) is 18.4. The van der Waals surface area contributed by atoms with Gasteiger partial charge in [0, 0.05) is 41.8 Å². The van der Waals surface area contributed by atoms with Crippen LogP contribution in [0.5, 0.6) is 5.75 Å². The van der Waals surface area contributed by atoms with Crippen LogP contribution in [0.4, 0.5) is 0 Å². The van der Waals surface area contributed by atoms with Gasteiger partial charge in [-0.1, -0.05) is 48.5 Å². The average Bonchev–Trinajstić information content (AvgIpc) is 3.33. The molecular weight excluding hydrogens is 474 g/mol. The molecule has 0 saturated heterocycles. The molecule has 1 heterocycles. The van der Waals surface area contributed by atoms with Gasteiger partial charge in [-0.3, -0.25) is 9.59 Å². The van der Waals surface area contributed by atoms with Crippen LogP contribution in [0.3, 0.4) is 0 Å². The van der Waals surface area contributed by atoms with Crippen molar-refractivity contribution >= 4 is 22.7 Å². The molecule has 6 heteroatoms. The first kappa shape index (κ1) is 27.0. The highest BCUT2D eigenvalue weighted by Gasteiger charge is 2.25. The number of para-hydroxylation sites is 1. The highest BCUT2D eigenvalue weighted by atomic mass is 16.5. The Balaban J connectivity index is 1.55. The zero-order valence-electron chi connectivity index (χ0n) is 22.7. The minimum atomic E-state index is -0.121. The van der Waals surface area contributed by atoms with Gasteiger partial charge in [0.1, 0.15) is 12.3 Å². The van der Waals surface area contributed by atoms with Crippen LogP contribution in [-0.2, 0) is 17.8 Å². The van der Waals surface area contributed by atoms with E-state index >= 15 is 0 Å². The Kier molecular flexibility index (Phi) is 8.85. The lowest BCUT2D eigenvalue weighted by Crippen LogP contribution is -2.46. The Morgan fingerprint density at radius 3 is 2.37 bits per heavy atom. The molecule has 3 aromatic carbocycles. The van der Waals surface area contributed by atoms with Crippen molar-refractivity contribution < 1.29 is 14.3 Å². The predicted molar refractivity (Wildman–Crippen MR) is 152 cm³/mol. The molecule has 1 aromatic heterocycles. The van der Waals surface area contributed by atoms with Crippen LogP contribution < -0.4 is 4.74 Å². The first-order valence-corrected chi connectivity index (χ1v) is 13.3. The normalized spacial score (nSPS) is 11.1. The quantitative estimate of drug-likeness (QED) is 0.269. The van der Waals surface area contributed by atoms with Crippen molar-refractivity contribution in [2.45, 2.75) is 46.7 Å². The third-order valence-corrected chi connectivity index (χ3v) is 6.85. The Morgan fingerprint density at radius 1 is 0.947 bits per heavy atom. The second-order valence-corrected chi connectivity index (χ2v) is 9.84. The van der Waals surface area contributed by atoms with E-state index in [1.807, 2.05) is 99.5 Å². The second kappa shape index (κ2) is 12.5. The van der Waals surface area contributed by atoms with Gasteiger partial charge in [0.15, 0.2) is 0 Å². The molecule has 0 spiro atoms. The molecule has 0 aliphatic carbocycles. The fourth-order valence-electron chi connectivity index (χ4n) is 4.67. The number of benzene rings is 3. The molecule has 0 bridgehead atoms. The number of rotatable bonds is 11. The van der Waals surface area contributed by atoms with Crippen LogP contribution >= 0.6 is 0 Å². The summed E-state index contributed by atoms with van der Waals surface area (Å²) in [5, 5.41) is 1.17. The number of ether oxygens (including phenoxy) is 1. The summed E-state index contributed by atoms with van der Waals surface area (Å²) >= 11 is 0. The van der Waals surface area contributed by atoms with E-state index in [1.54, 1.807) is 4.90 Å². The maximum Gasteiger partial charge on any atom is 0.254 e. The number of aromatic nitrogens is 1. The van der Waals surface area contributed by atoms with Crippen molar-refractivity contribution in [3.05, 3.63) is 101 Å². The van der Waals surface area contributed by atoms with Crippen molar-refractivity contribution in [2.24, 2.45) is 0 Å². The van der Waals surface area contributed by atoms with Crippen LogP contribution in [-0.4, -0.2) is 52.3 Å². The third-order valence-electron chi connectivity index (χ3n) is 6.85. The van der Waals surface area contributed by atoms with E-state index < -0.39 is 0 Å². The van der Waals surface area contributed by atoms with Gasteiger partial charge in [0.2, 0.25) is 5.91 Å². The minimum Gasteiger partial charge on any atom is -0.494 e. The molecule has 4 rings (SSSR count). The Labute approximate surface area is 225 Å². The van der Waals surface area contributed by atoms with Crippen molar-refractivity contribution in [3.8, 4) is 5.75 Å². The fraction of sp³-hybridized carbons (Fsp3) is 0.312. The number of hydrogen-bond donors (Lipinski definition) is 1. The molecule has 6 nitrogen and oxygen atoms in total. The lowest BCUT2D eigenvalue weighted by atomic mass is 10.1. The Bertz CT molecular complexity index is 1370. The SMILES string of the molecule is CCOc1ccc(CN(CCc2c[nH]c3ccccc23)C(=O)CN(C(=O)c2ccccc2C)C(C)C)cc1. The van der Waals surface area contributed by atoms with E-state index in [9.17, 15) is 9.59 Å². The molecule has 0 aliphatic heterocycles.